The molecule has 0 radical (unpaired) electrons. The van der Waals surface area contributed by atoms with Crippen LogP contribution in [-0.4, -0.2) is 58.2 Å². The maximum atomic E-state index is 13.3. The lowest BCUT2D eigenvalue weighted by atomic mass is 10.1. The van der Waals surface area contributed by atoms with Crippen molar-refractivity contribution in [3.63, 3.8) is 0 Å². The van der Waals surface area contributed by atoms with E-state index in [1.54, 1.807) is 62.4 Å². The number of nitrogens with one attached hydrogen (secondary N) is 3. The van der Waals surface area contributed by atoms with Gasteiger partial charge >= 0.3 is 12.1 Å². The maximum absolute atomic E-state index is 13.3. The predicted molar refractivity (Wildman–Crippen MR) is 156 cm³/mol. The molecule has 2 aromatic carbocycles. The first kappa shape index (κ1) is 30.8. The summed E-state index contributed by atoms with van der Waals surface area (Å²) >= 11 is 0.944. The number of anilines is 1. The number of hydrogen-bond donors (Lipinski definition) is 3. The van der Waals surface area contributed by atoms with E-state index >= 15 is 0 Å². The molecule has 2 heterocycles. The Balaban J connectivity index is 1.45. The summed E-state index contributed by atoms with van der Waals surface area (Å²) in [5, 5.41) is 11.7. The van der Waals surface area contributed by atoms with Gasteiger partial charge in [0.15, 0.2) is 5.13 Å². The van der Waals surface area contributed by atoms with Gasteiger partial charge in [-0.3, -0.25) is 9.59 Å². The number of amides is 3. The second-order valence-corrected chi connectivity index (χ2v) is 10.2. The number of benzene rings is 2. The first-order valence-electron chi connectivity index (χ1n) is 13.3. The Bertz CT molecular complexity index is 1590. The van der Waals surface area contributed by atoms with Gasteiger partial charge < -0.3 is 29.9 Å². The molecule has 0 bridgehead atoms. The van der Waals surface area contributed by atoms with Gasteiger partial charge in [-0.2, -0.15) is 4.98 Å². The van der Waals surface area contributed by atoms with Crippen molar-refractivity contribution >= 4 is 40.3 Å². The number of alkyl carbamates (subject to hydrolysis) is 1. The molecule has 224 valence electrons. The number of esters is 1. The van der Waals surface area contributed by atoms with E-state index in [0.29, 0.717) is 29.4 Å². The number of carbonyl (C=O) groups is 4. The Labute approximate surface area is 251 Å². The van der Waals surface area contributed by atoms with Gasteiger partial charge in [-0.15, -0.1) is 0 Å². The number of rotatable bonds is 12. The van der Waals surface area contributed by atoms with Gasteiger partial charge in [-0.05, 0) is 31.0 Å². The van der Waals surface area contributed by atoms with E-state index in [2.05, 4.69) is 31.1 Å². The minimum absolute atomic E-state index is 0.0232. The summed E-state index contributed by atoms with van der Waals surface area (Å²) in [5.74, 6) is -1.03. The molecule has 3 N–H and O–H groups in total. The Hall–Kier alpha value is -5.11. The molecule has 13 nitrogen and oxygen atoms in total. The van der Waals surface area contributed by atoms with E-state index in [4.69, 9.17) is 14.0 Å². The van der Waals surface area contributed by atoms with Crippen LogP contribution in [0.3, 0.4) is 0 Å². The summed E-state index contributed by atoms with van der Waals surface area (Å²) in [6.45, 7) is 5.10. The van der Waals surface area contributed by atoms with E-state index < -0.39 is 29.9 Å². The van der Waals surface area contributed by atoms with Crippen molar-refractivity contribution in [2.75, 3.05) is 18.5 Å². The second-order valence-electron chi connectivity index (χ2n) is 9.25. The third kappa shape index (κ3) is 8.69. The van der Waals surface area contributed by atoms with Gasteiger partial charge in [0.05, 0.1) is 12.3 Å². The van der Waals surface area contributed by atoms with Crippen molar-refractivity contribution in [3.8, 4) is 11.4 Å². The van der Waals surface area contributed by atoms with Crippen molar-refractivity contribution in [2.24, 2.45) is 0 Å². The number of hydrogen-bond acceptors (Lipinski definition) is 11. The zero-order valence-corrected chi connectivity index (χ0v) is 24.5. The van der Waals surface area contributed by atoms with E-state index in [-0.39, 0.29) is 35.3 Å². The monoisotopic (exact) mass is 606 g/mol. The van der Waals surface area contributed by atoms with Crippen LogP contribution in [0.1, 0.15) is 50.5 Å². The highest BCUT2D eigenvalue weighted by molar-refractivity contribution is 7.17. The van der Waals surface area contributed by atoms with Crippen LogP contribution in [0.25, 0.3) is 11.4 Å². The Kier molecular flexibility index (Phi) is 10.5. The fourth-order valence-electron chi connectivity index (χ4n) is 3.72. The predicted octanol–water partition coefficient (Wildman–Crippen LogP) is 4.04. The normalized spacial score (nSPS) is 11.3. The number of aryl methyl sites for hydroxylation is 2. The molecule has 43 heavy (non-hydrogen) atoms. The molecule has 0 fully saturated rings. The first-order valence-corrected chi connectivity index (χ1v) is 14.2. The molecule has 0 unspecified atom stereocenters. The number of carbonyl (C=O) groups excluding carboxylic acids is 4. The molecule has 0 saturated carbocycles. The van der Waals surface area contributed by atoms with E-state index in [0.717, 1.165) is 16.9 Å². The SMILES string of the molecule is CCCOC(=O)c1sc(NC(=O)[C@@H](CNC(=O)c2cccc(-c3noc(C)n3)c2)NC(=O)OCc2ccccc2)nc1C. The second kappa shape index (κ2) is 14.7. The average molecular weight is 607 g/mol. The largest absolute Gasteiger partial charge is 0.461 e. The van der Waals surface area contributed by atoms with Crippen LogP contribution in [0.4, 0.5) is 9.93 Å². The van der Waals surface area contributed by atoms with Gasteiger partial charge in [0.2, 0.25) is 11.7 Å². The fraction of sp³-hybridized carbons (Fsp3) is 0.276. The summed E-state index contributed by atoms with van der Waals surface area (Å²) < 4.78 is 15.4. The molecule has 4 aromatic rings. The quantitative estimate of drug-likeness (QED) is 0.200. The van der Waals surface area contributed by atoms with Crippen LogP contribution in [0.2, 0.25) is 0 Å². The highest BCUT2D eigenvalue weighted by atomic mass is 32.1. The lowest BCUT2D eigenvalue weighted by molar-refractivity contribution is -0.117. The molecule has 14 heteroatoms. The summed E-state index contributed by atoms with van der Waals surface area (Å²) in [6, 6.07) is 14.3. The molecule has 4 rings (SSSR count). The van der Waals surface area contributed by atoms with Crippen LogP contribution in [0.15, 0.2) is 59.1 Å². The Morgan fingerprint density at radius 1 is 1.00 bits per heavy atom. The molecular weight excluding hydrogens is 576 g/mol. The van der Waals surface area contributed by atoms with Crippen molar-refractivity contribution in [1.82, 2.24) is 25.8 Å². The lowest BCUT2D eigenvalue weighted by Crippen LogP contribution is -2.50. The molecule has 0 spiro atoms. The molecule has 1 atom stereocenters. The Morgan fingerprint density at radius 2 is 1.79 bits per heavy atom. The third-order valence-corrected chi connectivity index (χ3v) is 6.90. The van der Waals surface area contributed by atoms with Gasteiger partial charge in [0.25, 0.3) is 11.8 Å². The topological polar surface area (TPSA) is 175 Å². The van der Waals surface area contributed by atoms with Gasteiger partial charge in [0.1, 0.15) is 17.5 Å². The van der Waals surface area contributed by atoms with Crippen LogP contribution in [-0.2, 0) is 20.9 Å². The minimum Gasteiger partial charge on any atom is -0.461 e. The summed E-state index contributed by atoms with van der Waals surface area (Å²) in [4.78, 5) is 59.9. The molecule has 2 aromatic heterocycles. The highest BCUT2D eigenvalue weighted by Gasteiger charge is 2.25. The van der Waals surface area contributed by atoms with Gasteiger partial charge in [0, 0.05) is 24.6 Å². The molecular formula is C29H30N6O7S. The average Bonchev–Trinajstić information content (AvgIpc) is 3.62. The summed E-state index contributed by atoms with van der Waals surface area (Å²) in [5.41, 5.74) is 1.98. The zero-order chi connectivity index (χ0) is 30.8. The molecule has 0 aliphatic carbocycles. The third-order valence-electron chi connectivity index (χ3n) is 5.85. The van der Waals surface area contributed by atoms with Crippen molar-refractivity contribution in [1.29, 1.82) is 0 Å². The summed E-state index contributed by atoms with van der Waals surface area (Å²) in [7, 11) is 0. The zero-order valence-electron chi connectivity index (χ0n) is 23.7. The van der Waals surface area contributed by atoms with E-state index in [9.17, 15) is 19.2 Å². The number of nitrogens with zero attached hydrogens (tertiary/aromatic N) is 3. The number of thiazole rings is 1. The Morgan fingerprint density at radius 3 is 2.51 bits per heavy atom. The standard InChI is InChI=1S/C29H30N6O7S/c1-4-13-40-27(38)23-17(2)31-28(43-23)34-26(37)22(33-29(39)41-16-19-9-6-5-7-10-19)15-30-25(36)21-12-8-11-20(14-21)24-32-18(3)42-35-24/h5-12,14,22H,4,13,15-16H2,1-3H3,(H,30,36)(H,33,39)(H,31,34,37)/t22-/m1/s1. The molecule has 0 aliphatic heterocycles. The first-order chi connectivity index (χ1) is 20.7. The maximum Gasteiger partial charge on any atom is 0.408 e. The van der Waals surface area contributed by atoms with E-state index in [1.165, 1.54) is 0 Å². The molecule has 0 aliphatic rings. The van der Waals surface area contributed by atoms with Gasteiger partial charge in [-0.1, -0.05) is 65.9 Å². The highest BCUT2D eigenvalue weighted by Crippen LogP contribution is 2.24. The lowest BCUT2D eigenvalue weighted by Gasteiger charge is -2.18. The summed E-state index contributed by atoms with van der Waals surface area (Å²) in [6.07, 6.45) is -0.208. The van der Waals surface area contributed by atoms with Crippen LogP contribution in [0, 0.1) is 13.8 Å². The smallest absolute Gasteiger partial charge is 0.408 e. The fourth-order valence-corrected chi connectivity index (χ4v) is 4.58. The molecule has 0 saturated heterocycles. The molecule has 3 amide bonds. The minimum atomic E-state index is -1.25. The van der Waals surface area contributed by atoms with Crippen LogP contribution in [0.5, 0.6) is 0 Å². The number of ether oxygens (including phenoxy) is 2. The van der Waals surface area contributed by atoms with Crippen molar-refractivity contribution < 1.29 is 33.2 Å². The number of aromatic nitrogens is 3. The van der Waals surface area contributed by atoms with Crippen molar-refractivity contribution in [2.45, 2.75) is 39.8 Å². The van der Waals surface area contributed by atoms with Gasteiger partial charge in [-0.25, -0.2) is 14.6 Å². The van der Waals surface area contributed by atoms with E-state index in [1.807, 2.05) is 13.0 Å². The van der Waals surface area contributed by atoms with Crippen LogP contribution >= 0.6 is 11.3 Å². The van der Waals surface area contributed by atoms with Crippen LogP contribution < -0.4 is 16.0 Å². The van der Waals surface area contributed by atoms with Crippen molar-refractivity contribution in [3.05, 3.63) is 82.2 Å².